The zero-order valence-electron chi connectivity index (χ0n) is 6.76. The molecular weight excluding hydrogens is 148 g/mol. The molecule has 0 amide bonds. The number of rotatable bonds is 0. The molecule has 0 unspecified atom stereocenters. The van der Waals surface area contributed by atoms with E-state index in [1.54, 1.807) is 6.20 Å². The molecule has 2 aromatic heterocycles. The van der Waals surface area contributed by atoms with Crippen LogP contribution in [0.3, 0.4) is 0 Å². The highest BCUT2D eigenvalue weighted by Gasteiger charge is 2.04. The highest BCUT2D eigenvalue weighted by molar-refractivity contribution is 5.84. The van der Waals surface area contributed by atoms with Gasteiger partial charge >= 0.3 is 0 Å². The monoisotopic (exact) mass is 156 g/mol. The van der Waals surface area contributed by atoms with E-state index < -0.39 is 0 Å². The molecule has 12 heavy (non-hydrogen) atoms. The van der Waals surface area contributed by atoms with Crippen LogP contribution < -0.4 is 0 Å². The molecule has 2 rings (SSSR count). The number of aromatic nitrogens is 2. The van der Waals surface area contributed by atoms with Gasteiger partial charge in [-0.25, -0.2) is 4.98 Å². The first-order valence-electron chi connectivity index (χ1n) is 3.73. The molecule has 0 spiro atoms. The Balaban J connectivity index is 2.93. The maximum absolute atomic E-state index is 5.36. The number of hydrogen-bond donors (Lipinski definition) is 1. The zero-order chi connectivity index (χ0) is 8.55. The fraction of sp³-hybridized carbons (Fsp3) is 0.100. The molecule has 2 nitrogen and oxygen atoms in total. The van der Waals surface area contributed by atoms with Gasteiger partial charge in [0.2, 0.25) is 0 Å². The van der Waals surface area contributed by atoms with E-state index in [-0.39, 0.29) is 0 Å². The van der Waals surface area contributed by atoms with Crippen molar-refractivity contribution in [2.45, 2.75) is 6.92 Å². The number of fused-ring (bicyclic) bond motifs is 1. The molecule has 2 aromatic rings. The summed E-state index contributed by atoms with van der Waals surface area (Å²) in [5.74, 6) is 2.65. The van der Waals surface area contributed by atoms with E-state index in [0.29, 0.717) is 0 Å². The third-order valence-electron chi connectivity index (χ3n) is 1.90. The van der Waals surface area contributed by atoms with Gasteiger partial charge in [0.05, 0.1) is 5.56 Å². The average Bonchev–Trinajstić information content (AvgIpc) is 2.40. The van der Waals surface area contributed by atoms with Gasteiger partial charge in [0.15, 0.2) is 0 Å². The van der Waals surface area contributed by atoms with Crippen molar-refractivity contribution in [1.29, 1.82) is 0 Å². The summed E-state index contributed by atoms with van der Waals surface area (Å²) in [7, 11) is 0. The number of aromatic amines is 1. The van der Waals surface area contributed by atoms with E-state index in [0.717, 1.165) is 22.3 Å². The number of pyridine rings is 1. The molecular formula is C10H8N2. The first-order valence-corrected chi connectivity index (χ1v) is 3.73. The minimum Gasteiger partial charge on any atom is -0.342 e. The number of aryl methyl sites for hydroxylation is 1. The van der Waals surface area contributed by atoms with Crippen molar-refractivity contribution in [3.8, 4) is 12.3 Å². The SMILES string of the molecule is C#Cc1c(C)[nH]c2ncccc12. The summed E-state index contributed by atoms with van der Waals surface area (Å²) in [5.41, 5.74) is 2.78. The Bertz CT molecular complexity index is 460. The Morgan fingerprint density at radius 1 is 1.58 bits per heavy atom. The van der Waals surface area contributed by atoms with Crippen LogP contribution in [0.1, 0.15) is 11.3 Å². The first kappa shape index (κ1) is 6.93. The van der Waals surface area contributed by atoms with Crippen LogP contribution in [0.4, 0.5) is 0 Å². The van der Waals surface area contributed by atoms with E-state index in [1.807, 2.05) is 19.1 Å². The van der Waals surface area contributed by atoms with Gasteiger partial charge in [-0.2, -0.15) is 0 Å². The van der Waals surface area contributed by atoms with Gasteiger partial charge in [-0.15, -0.1) is 6.42 Å². The van der Waals surface area contributed by atoms with Crippen LogP contribution in [0.15, 0.2) is 18.3 Å². The summed E-state index contributed by atoms with van der Waals surface area (Å²) in [4.78, 5) is 7.28. The van der Waals surface area contributed by atoms with Gasteiger partial charge < -0.3 is 4.98 Å². The molecule has 1 N–H and O–H groups in total. The Labute approximate surface area is 70.6 Å². The topological polar surface area (TPSA) is 28.7 Å². The summed E-state index contributed by atoms with van der Waals surface area (Å²) in [6.45, 7) is 1.96. The minimum atomic E-state index is 0.864. The lowest BCUT2D eigenvalue weighted by Crippen LogP contribution is -1.73. The Hall–Kier alpha value is -1.75. The second-order valence-corrected chi connectivity index (χ2v) is 2.67. The van der Waals surface area contributed by atoms with Gasteiger partial charge in [0, 0.05) is 17.3 Å². The van der Waals surface area contributed by atoms with Crippen LogP contribution in [-0.2, 0) is 0 Å². The van der Waals surface area contributed by atoms with Crippen molar-refractivity contribution < 1.29 is 0 Å². The maximum atomic E-state index is 5.36. The van der Waals surface area contributed by atoms with Crippen LogP contribution in [0.2, 0.25) is 0 Å². The van der Waals surface area contributed by atoms with Crippen LogP contribution in [0.25, 0.3) is 11.0 Å². The van der Waals surface area contributed by atoms with Gasteiger partial charge in [0.1, 0.15) is 5.65 Å². The van der Waals surface area contributed by atoms with Gasteiger partial charge in [0.25, 0.3) is 0 Å². The van der Waals surface area contributed by atoms with Crippen LogP contribution in [0.5, 0.6) is 0 Å². The molecule has 0 fully saturated rings. The molecule has 0 radical (unpaired) electrons. The molecule has 0 atom stereocenters. The van der Waals surface area contributed by atoms with E-state index >= 15 is 0 Å². The molecule has 0 bridgehead atoms. The molecule has 0 aliphatic rings. The third kappa shape index (κ3) is 0.802. The molecule has 0 aromatic carbocycles. The summed E-state index contributed by atoms with van der Waals surface area (Å²) >= 11 is 0. The molecule has 0 saturated carbocycles. The second-order valence-electron chi connectivity index (χ2n) is 2.67. The lowest BCUT2D eigenvalue weighted by molar-refractivity contribution is 1.24. The summed E-state index contributed by atoms with van der Waals surface area (Å²) in [5, 5.41) is 1.03. The molecule has 0 aliphatic heterocycles. The number of nitrogens with zero attached hydrogens (tertiary/aromatic N) is 1. The largest absolute Gasteiger partial charge is 0.342 e. The van der Waals surface area contributed by atoms with Crippen molar-refractivity contribution in [3.05, 3.63) is 29.6 Å². The molecule has 58 valence electrons. The van der Waals surface area contributed by atoms with E-state index in [9.17, 15) is 0 Å². The number of H-pyrrole nitrogens is 1. The Morgan fingerprint density at radius 2 is 2.42 bits per heavy atom. The van der Waals surface area contributed by atoms with Crippen molar-refractivity contribution in [1.82, 2.24) is 9.97 Å². The Morgan fingerprint density at radius 3 is 3.17 bits per heavy atom. The number of hydrogen-bond acceptors (Lipinski definition) is 1. The van der Waals surface area contributed by atoms with Crippen LogP contribution in [-0.4, -0.2) is 9.97 Å². The third-order valence-corrected chi connectivity index (χ3v) is 1.90. The lowest BCUT2D eigenvalue weighted by atomic mass is 10.2. The molecule has 0 saturated heterocycles. The van der Waals surface area contributed by atoms with Crippen molar-refractivity contribution in [2.24, 2.45) is 0 Å². The van der Waals surface area contributed by atoms with Crippen LogP contribution in [0, 0.1) is 19.3 Å². The maximum Gasteiger partial charge on any atom is 0.138 e. The number of terminal acetylenes is 1. The summed E-state index contributed by atoms with van der Waals surface area (Å²) in [6, 6.07) is 3.86. The number of nitrogens with one attached hydrogen (secondary N) is 1. The minimum absolute atomic E-state index is 0.864. The van der Waals surface area contributed by atoms with Gasteiger partial charge in [-0.3, -0.25) is 0 Å². The van der Waals surface area contributed by atoms with Crippen molar-refractivity contribution in [3.63, 3.8) is 0 Å². The quantitative estimate of drug-likeness (QED) is 0.579. The molecule has 0 aliphatic carbocycles. The predicted octanol–water partition coefficient (Wildman–Crippen LogP) is 1.85. The smallest absolute Gasteiger partial charge is 0.138 e. The highest BCUT2D eigenvalue weighted by Crippen LogP contribution is 2.18. The summed E-state index contributed by atoms with van der Waals surface area (Å²) in [6.07, 6.45) is 7.11. The van der Waals surface area contributed by atoms with E-state index in [2.05, 4.69) is 15.9 Å². The van der Waals surface area contributed by atoms with E-state index in [1.165, 1.54) is 0 Å². The van der Waals surface area contributed by atoms with Crippen molar-refractivity contribution >= 4 is 11.0 Å². The van der Waals surface area contributed by atoms with Crippen LogP contribution >= 0.6 is 0 Å². The zero-order valence-corrected chi connectivity index (χ0v) is 6.76. The normalized spacial score (nSPS) is 10.0. The first-order chi connectivity index (χ1) is 5.83. The van der Waals surface area contributed by atoms with E-state index in [4.69, 9.17) is 6.42 Å². The van der Waals surface area contributed by atoms with Gasteiger partial charge in [-0.05, 0) is 19.1 Å². The highest BCUT2D eigenvalue weighted by atomic mass is 14.8. The molecule has 2 heterocycles. The van der Waals surface area contributed by atoms with Crippen molar-refractivity contribution in [2.75, 3.05) is 0 Å². The fourth-order valence-corrected chi connectivity index (χ4v) is 1.33. The Kier molecular flexibility index (Phi) is 1.38. The summed E-state index contributed by atoms with van der Waals surface area (Å²) < 4.78 is 0. The predicted molar refractivity (Wildman–Crippen MR) is 48.8 cm³/mol. The average molecular weight is 156 g/mol. The standard InChI is InChI=1S/C10H8N2/c1-3-8-7(2)12-10-9(8)5-4-6-11-10/h1,4-6H,2H3,(H,11,12). The fourth-order valence-electron chi connectivity index (χ4n) is 1.33. The molecule has 2 heteroatoms. The lowest BCUT2D eigenvalue weighted by Gasteiger charge is -1.86. The van der Waals surface area contributed by atoms with Gasteiger partial charge in [-0.1, -0.05) is 5.92 Å². The second kappa shape index (κ2) is 2.38.